The fourth-order valence-electron chi connectivity index (χ4n) is 2.95. The summed E-state index contributed by atoms with van der Waals surface area (Å²) in [5.74, 6) is 0.590. The number of nitrogens with zero attached hydrogens (tertiary/aromatic N) is 2. The van der Waals surface area contributed by atoms with Crippen molar-refractivity contribution in [1.29, 1.82) is 0 Å². The van der Waals surface area contributed by atoms with E-state index in [1.54, 1.807) is 19.3 Å². The van der Waals surface area contributed by atoms with Gasteiger partial charge in [-0.05, 0) is 49.1 Å². The molecule has 0 unspecified atom stereocenters. The molecule has 5 heteroatoms. The minimum Gasteiger partial charge on any atom is -0.372 e. The summed E-state index contributed by atoms with van der Waals surface area (Å²) in [5.41, 5.74) is 2.28. The Bertz CT molecular complexity index is 772. The van der Waals surface area contributed by atoms with Gasteiger partial charge in [-0.25, -0.2) is 0 Å². The summed E-state index contributed by atoms with van der Waals surface area (Å²) in [6.45, 7) is 4.48. The van der Waals surface area contributed by atoms with Gasteiger partial charge in [0.1, 0.15) is 0 Å². The fraction of sp³-hybridized carbons (Fsp3) is 0.368. The molecule has 0 bridgehead atoms. The fourth-order valence-corrected chi connectivity index (χ4v) is 2.95. The van der Waals surface area contributed by atoms with E-state index < -0.39 is 0 Å². The van der Waals surface area contributed by atoms with E-state index in [0.29, 0.717) is 5.56 Å². The number of carbonyl (C=O) groups excluding carboxylic acids is 1. The minimum absolute atomic E-state index is 0.133. The highest BCUT2D eigenvalue weighted by atomic mass is 16.2. The number of piperidine rings is 1. The van der Waals surface area contributed by atoms with Gasteiger partial charge < -0.3 is 14.8 Å². The van der Waals surface area contributed by atoms with Gasteiger partial charge in [0.25, 0.3) is 5.91 Å². The van der Waals surface area contributed by atoms with Crippen LogP contribution in [-0.4, -0.2) is 23.6 Å². The molecule has 1 aliphatic heterocycles. The van der Waals surface area contributed by atoms with Crippen LogP contribution in [0.25, 0.3) is 0 Å². The minimum atomic E-state index is -0.217. The van der Waals surface area contributed by atoms with Crippen LogP contribution in [0, 0.1) is 5.92 Å². The van der Waals surface area contributed by atoms with Gasteiger partial charge in [0.15, 0.2) is 0 Å². The largest absolute Gasteiger partial charge is 0.372 e. The molecule has 3 rings (SSSR count). The number of aromatic nitrogens is 1. The molecule has 1 N–H and O–H groups in total. The summed E-state index contributed by atoms with van der Waals surface area (Å²) in [7, 11) is 1.63. The third-order valence-corrected chi connectivity index (χ3v) is 4.62. The van der Waals surface area contributed by atoms with Crippen LogP contribution in [0.4, 0.5) is 11.4 Å². The lowest BCUT2D eigenvalue weighted by molar-refractivity contribution is 0.102. The number of hydrogen-bond acceptors (Lipinski definition) is 3. The topological polar surface area (TPSA) is 54.3 Å². The van der Waals surface area contributed by atoms with Gasteiger partial charge in [0.2, 0.25) is 5.56 Å². The van der Waals surface area contributed by atoms with Crippen molar-refractivity contribution in [2.75, 3.05) is 23.3 Å². The summed E-state index contributed by atoms with van der Waals surface area (Å²) in [6, 6.07) is 10.9. The van der Waals surface area contributed by atoms with E-state index >= 15 is 0 Å². The quantitative estimate of drug-likeness (QED) is 0.944. The zero-order valence-corrected chi connectivity index (χ0v) is 14.2. The van der Waals surface area contributed by atoms with E-state index in [4.69, 9.17) is 0 Å². The third-order valence-electron chi connectivity index (χ3n) is 4.62. The number of rotatable bonds is 3. The van der Waals surface area contributed by atoms with Crippen LogP contribution in [0.1, 0.15) is 30.1 Å². The zero-order valence-electron chi connectivity index (χ0n) is 14.2. The molecule has 0 saturated carbocycles. The normalized spacial score (nSPS) is 15.3. The summed E-state index contributed by atoms with van der Waals surface area (Å²) in [6.07, 6.45) is 4.00. The Labute approximate surface area is 141 Å². The van der Waals surface area contributed by atoms with Crippen molar-refractivity contribution < 1.29 is 4.79 Å². The van der Waals surface area contributed by atoms with Gasteiger partial charge in [0.05, 0.1) is 5.56 Å². The van der Waals surface area contributed by atoms with E-state index in [9.17, 15) is 9.59 Å². The van der Waals surface area contributed by atoms with Gasteiger partial charge in [0, 0.05) is 43.8 Å². The molecule has 126 valence electrons. The molecule has 1 fully saturated rings. The Kier molecular flexibility index (Phi) is 4.69. The van der Waals surface area contributed by atoms with Gasteiger partial charge in [-0.15, -0.1) is 0 Å². The molecule has 0 radical (unpaired) electrons. The average molecular weight is 325 g/mol. The van der Waals surface area contributed by atoms with Crippen molar-refractivity contribution in [3.63, 3.8) is 0 Å². The Morgan fingerprint density at radius 1 is 1.08 bits per heavy atom. The predicted octanol–water partition coefficient (Wildman–Crippen LogP) is 2.87. The first-order valence-electron chi connectivity index (χ1n) is 8.36. The molecule has 5 nitrogen and oxygen atoms in total. The Hall–Kier alpha value is -2.56. The number of pyridine rings is 1. The van der Waals surface area contributed by atoms with E-state index in [1.807, 2.05) is 24.3 Å². The van der Waals surface area contributed by atoms with Gasteiger partial charge in [-0.1, -0.05) is 6.92 Å². The van der Waals surface area contributed by atoms with E-state index in [-0.39, 0.29) is 11.5 Å². The third kappa shape index (κ3) is 3.67. The van der Waals surface area contributed by atoms with Crippen LogP contribution in [0.2, 0.25) is 0 Å². The molecule has 1 aromatic heterocycles. The molecule has 1 aliphatic rings. The first-order chi connectivity index (χ1) is 11.5. The second kappa shape index (κ2) is 6.91. The number of nitrogens with one attached hydrogen (secondary N) is 1. The van der Waals surface area contributed by atoms with E-state index in [1.165, 1.54) is 29.2 Å². The lowest BCUT2D eigenvalue weighted by Crippen LogP contribution is -2.32. The van der Waals surface area contributed by atoms with E-state index in [0.717, 1.165) is 24.7 Å². The Balaban J connectivity index is 1.66. The molecular formula is C19H23N3O2. The zero-order chi connectivity index (χ0) is 17.1. The van der Waals surface area contributed by atoms with Crippen LogP contribution in [0.3, 0.4) is 0 Å². The second-order valence-corrected chi connectivity index (χ2v) is 6.54. The summed E-state index contributed by atoms with van der Waals surface area (Å²) in [4.78, 5) is 26.0. The highest BCUT2D eigenvalue weighted by Gasteiger charge is 2.16. The van der Waals surface area contributed by atoms with Crippen molar-refractivity contribution in [2.24, 2.45) is 13.0 Å². The smallest absolute Gasteiger partial charge is 0.257 e. The lowest BCUT2D eigenvalue weighted by atomic mass is 9.99. The number of benzene rings is 1. The van der Waals surface area contributed by atoms with E-state index in [2.05, 4.69) is 17.1 Å². The SMILES string of the molecule is CC1CCN(c2ccc(NC(=O)c3ccc(=O)n(C)c3)cc2)CC1. The average Bonchev–Trinajstić information content (AvgIpc) is 2.59. The maximum Gasteiger partial charge on any atom is 0.257 e. The van der Waals surface area contributed by atoms with Gasteiger partial charge in [-0.3, -0.25) is 9.59 Å². The first kappa shape index (κ1) is 16.3. The van der Waals surface area contributed by atoms with Crippen molar-refractivity contribution in [3.8, 4) is 0 Å². The van der Waals surface area contributed by atoms with Crippen LogP contribution < -0.4 is 15.8 Å². The van der Waals surface area contributed by atoms with Crippen LogP contribution >= 0.6 is 0 Å². The predicted molar refractivity (Wildman–Crippen MR) is 96.7 cm³/mol. The molecule has 0 spiro atoms. The van der Waals surface area contributed by atoms with Crippen molar-refractivity contribution >= 4 is 17.3 Å². The number of amides is 1. The molecular weight excluding hydrogens is 302 g/mol. The Morgan fingerprint density at radius 3 is 2.38 bits per heavy atom. The highest BCUT2D eigenvalue weighted by molar-refractivity contribution is 6.04. The molecule has 0 aliphatic carbocycles. The molecule has 1 amide bonds. The van der Waals surface area contributed by atoms with Crippen molar-refractivity contribution in [3.05, 3.63) is 58.5 Å². The van der Waals surface area contributed by atoms with Crippen LogP contribution in [0.5, 0.6) is 0 Å². The molecule has 0 atom stereocenters. The standard InChI is InChI=1S/C19H23N3O2/c1-14-9-11-22(12-10-14)17-6-4-16(5-7-17)20-19(24)15-3-8-18(23)21(2)13-15/h3-8,13-14H,9-12H2,1-2H3,(H,20,24). The first-order valence-corrected chi connectivity index (χ1v) is 8.36. The van der Waals surface area contributed by atoms with Gasteiger partial charge >= 0.3 is 0 Å². The molecule has 1 aromatic carbocycles. The Morgan fingerprint density at radius 2 is 1.75 bits per heavy atom. The molecule has 2 aromatic rings. The molecule has 1 saturated heterocycles. The summed E-state index contributed by atoms with van der Waals surface area (Å²) >= 11 is 0. The number of anilines is 2. The van der Waals surface area contributed by atoms with Crippen molar-refractivity contribution in [2.45, 2.75) is 19.8 Å². The number of carbonyl (C=O) groups is 1. The second-order valence-electron chi connectivity index (χ2n) is 6.54. The number of aryl methyl sites for hydroxylation is 1. The monoisotopic (exact) mass is 325 g/mol. The highest BCUT2D eigenvalue weighted by Crippen LogP contribution is 2.24. The van der Waals surface area contributed by atoms with Gasteiger partial charge in [-0.2, -0.15) is 0 Å². The summed E-state index contributed by atoms with van der Waals surface area (Å²) in [5, 5.41) is 2.87. The summed E-state index contributed by atoms with van der Waals surface area (Å²) < 4.78 is 1.40. The molecule has 2 heterocycles. The maximum atomic E-state index is 12.3. The molecule has 24 heavy (non-hydrogen) atoms. The van der Waals surface area contributed by atoms with Crippen LogP contribution in [-0.2, 0) is 7.05 Å². The lowest BCUT2D eigenvalue weighted by Gasteiger charge is -2.32. The van der Waals surface area contributed by atoms with Crippen LogP contribution in [0.15, 0.2) is 47.4 Å². The van der Waals surface area contributed by atoms with Crippen molar-refractivity contribution in [1.82, 2.24) is 4.57 Å². The number of hydrogen-bond donors (Lipinski definition) is 1. The maximum absolute atomic E-state index is 12.3.